The minimum Gasteiger partial charge on any atom is -0.454 e. The Morgan fingerprint density at radius 2 is 1.68 bits per heavy atom. The molecule has 1 saturated heterocycles. The van der Waals surface area contributed by atoms with Crippen LogP contribution in [0.4, 0.5) is 0 Å². The first-order valence-electron chi connectivity index (χ1n) is 7.94. The summed E-state index contributed by atoms with van der Waals surface area (Å²) in [5.74, 6) is -0.895. The van der Waals surface area contributed by atoms with E-state index in [1.165, 1.54) is 11.3 Å². The second-order valence-corrected chi connectivity index (χ2v) is 7.04. The van der Waals surface area contributed by atoms with Gasteiger partial charge in [-0.1, -0.05) is 24.3 Å². The van der Waals surface area contributed by atoms with E-state index in [1.54, 1.807) is 24.3 Å². The van der Waals surface area contributed by atoms with Crippen LogP contribution in [0.2, 0.25) is 0 Å². The first-order chi connectivity index (χ1) is 12.1. The molecular formula is C19H12O5S. The van der Waals surface area contributed by atoms with Gasteiger partial charge in [-0.05, 0) is 22.4 Å². The van der Waals surface area contributed by atoms with Crippen molar-refractivity contribution in [1.82, 2.24) is 0 Å². The molecule has 0 radical (unpaired) electrons. The van der Waals surface area contributed by atoms with E-state index in [0.717, 1.165) is 5.56 Å². The Morgan fingerprint density at radius 1 is 0.960 bits per heavy atom. The molecule has 6 heteroatoms. The van der Waals surface area contributed by atoms with Crippen LogP contribution in [0.5, 0.6) is 0 Å². The first kappa shape index (κ1) is 14.7. The second kappa shape index (κ2) is 5.21. The highest BCUT2D eigenvalue weighted by Gasteiger charge is 2.52. The van der Waals surface area contributed by atoms with Crippen LogP contribution in [0.15, 0.2) is 52.2 Å². The smallest absolute Gasteiger partial charge is 0.309 e. The molecule has 0 spiro atoms. The lowest BCUT2D eigenvalue weighted by Crippen LogP contribution is -2.42. The Kier molecular flexibility index (Phi) is 3.07. The average Bonchev–Trinajstić information content (AvgIpc) is 3.26. The minimum atomic E-state index is -0.804. The molecule has 1 aromatic carbocycles. The molecule has 1 aromatic heterocycles. The summed E-state index contributed by atoms with van der Waals surface area (Å²) in [7, 11) is 0. The van der Waals surface area contributed by atoms with Crippen molar-refractivity contribution in [3.8, 4) is 0 Å². The third-order valence-electron chi connectivity index (χ3n) is 4.86. The number of Topliss-reactive ketones (excluding diaryl/α,β-unsaturated/α-hetero) is 2. The van der Waals surface area contributed by atoms with Gasteiger partial charge in [0.1, 0.15) is 12.2 Å². The highest BCUT2D eigenvalue weighted by atomic mass is 32.1. The lowest BCUT2D eigenvalue weighted by Gasteiger charge is -2.36. The Hall–Kier alpha value is -2.57. The van der Waals surface area contributed by atoms with Gasteiger partial charge in [-0.15, -0.1) is 0 Å². The summed E-state index contributed by atoms with van der Waals surface area (Å²) >= 11 is 1.49. The average molecular weight is 352 g/mol. The largest absolute Gasteiger partial charge is 0.454 e. The van der Waals surface area contributed by atoms with E-state index in [1.807, 2.05) is 16.8 Å². The topological polar surface area (TPSA) is 69.7 Å². The number of esters is 1. The van der Waals surface area contributed by atoms with Gasteiger partial charge >= 0.3 is 5.97 Å². The molecule has 0 bridgehead atoms. The summed E-state index contributed by atoms with van der Waals surface area (Å²) < 4.78 is 11.4. The highest BCUT2D eigenvalue weighted by molar-refractivity contribution is 7.08. The molecule has 0 N–H and O–H groups in total. The maximum absolute atomic E-state index is 13.1. The van der Waals surface area contributed by atoms with Gasteiger partial charge in [0.25, 0.3) is 0 Å². The van der Waals surface area contributed by atoms with E-state index in [9.17, 15) is 14.4 Å². The van der Waals surface area contributed by atoms with Crippen LogP contribution in [-0.2, 0) is 14.3 Å². The van der Waals surface area contributed by atoms with Crippen molar-refractivity contribution in [2.45, 2.75) is 24.7 Å². The monoisotopic (exact) mass is 352 g/mol. The molecule has 0 amide bonds. The normalized spacial score (nSPS) is 27.7. The number of benzene rings is 1. The van der Waals surface area contributed by atoms with Gasteiger partial charge in [-0.3, -0.25) is 14.4 Å². The Balaban J connectivity index is 1.75. The third-order valence-corrected chi connectivity index (χ3v) is 5.56. The number of fused-ring (bicyclic) bond motifs is 3. The zero-order valence-electron chi connectivity index (χ0n) is 12.9. The van der Waals surface area contributed by atoms with E-state index in [2.05, 4.69) is 0 Å². The number of carbonyl (C=O) groups excluding carboxylic acids is 3. The first-order valence-corrected chi connectivity index (χ1v) is 8.89. The van der Waals surface area contributed by atoms with Gasteiger partial charge in [0.05, 0.1) is 12.0 Å². The molecule has 0 saturated carbocycles. The fourth-order valence-electron chi connectivity index (χ4n) is 3.77. The van der Waals surface area contributed by atoms with Crippen molar-refractivity contribution < 1.29 is 23.9 Å². The number of ketones is 2. The van der Waals surface area contributed by atoms with Crippen molar-refractivity contribution in [3.05, 3.63) is 68.9 Å². The summed E-state index contributed by atoms with van der Waals surface area (Å²) in [6.07, 6.45) is -1.91. The van der Waals surface area contributed by atoms with E-state index < -0.39 is 24.3 Å². The summed E-state index contributed by atoms with van der Waals surface area (Å²) in [5, 5.41) is 3.79. The quantitative estimate of drug-likeness (QED) is 0.738. The number of thiophene rings is 1. The van der Waals surface area contributed by atoms with E-state index >= 15 is 0 Å². The molecule has 2 aromatic rings. The zero-order chi connectivity index (χ0) is 17.1. The van der Waals surface area contributed by atoms with Crippen molar-refractivity contribution in [1.29, 1.82) is 0 Å². The van der Waals surface area contributed by atoms with Gasteiger partial charge < -0.3 is 9.47 Å². The summed E-state index contributed by atoms with van der Waals surface area (Å²) in [4.78, 5) is 38.0. The van der Waals surface area contributed by atoms with Crippen molar-refractivity contribution in [2.75, 3.05) is 0 Å². The molecule has 0 unspecified atom stereocenters. The summed E-state index contributed by atoms with van der Waals surface area (Å²) in [6, 6.07) is 8.62. The molecule has 124 valence electrons. The molecule has 3 aliphatic rings. The van der Waals surface area contributed by atoms with Crippen molar-refractivity contribution in [3.63, 3.8) is 0 Å². The Labute approximate surface area is 146 Å². The van der Waals surface area contributed by atoms with Crippen LogP contribution < -0.4 is 0 Å². The van der Waals surface area contributed by atoms with E-state index in [4.69, 9.17) is 9.47 Å². The predicted molar refractivity (Wildman–Crippen MR) is 88.6 cm³/mol. The van der Waals surface area contributed by atoms with Gasteiger partial charge in [-0.2, -0.15) is 11.3 Å². The Morgan fingerprint density at radius 3 is 2.36 bits per heavy atom. The number of hydrogen-bond donors (Lipinski definition) is 0. The van der Waals surface area contributed by atoms with Crippen LogP contribution >= 0.6 is 11.3 Å². The minimum absolute atomic E-state index is 0.0885. The third kappa shape index (κ3) is 2.01. The van der Waals surface area contributed by atoms with Gasteiger partial charge in [-0.25, -0.2) is 0 Å². The lowest BCUT2D eigenvalue weighted by molar-refractivity contribution is -0.140. The number of hydrogen-bond acceptors (Lipinski definition) is 6. The van der Waals surface area contributed by atoms with Crippen LogP contribution in [0, 0.1) is 0 Å². The summed E-state index contributed by atoms with van der Waals surface area (Å²) in [6.45, 7) is 0. The molecule has 1 aliphatic carbocycles. The Bertz CT molecular complexity index is 956. The maximum Gasteiger partial charge on any atom is 0.309 e. The number of carbonyl (C=O) groups is 3. The van der Waals surface area contributed by atoms with Crippen LogP contribution in [0.3, 0.4) is 0 Å². The predicted octanol–water partition coefficient (Wildman–Crippen LogP) is 2.88. The lowest BCUT2D eigenvalue weighted by atomic mass is 9.76. The molecular weight excluding hydrogens is 340 g/mol. The standard InChI is InChI=1S/C19H12O5S/c20-13-7-12-19(24-13)15-14(18(23-12)9-5-6-25-8-9)16(21)10-3-1-2-4-11(10)17(15)22/h1-6,8,12,18-19H,7H2/t12-,18-,19+/m1/s1. The number of rotatable bonds is 1. The molecule has 25 heavy (non-hydrogen) atoms. The van der Waals surface area contributed by atoms with Gasteiger partial charge in [0, 0.05) is 16.7 Å². The van der Waals surface area contributed by atoms with Crippen molar-refractivity contribution in [2.24, 2.45) is 0 Å². The fraction of sp³-hybridized carbons (Fsp3) is 0.211. The molecule has 3 heterocycles. The van der Waals surface area contributed by atoms with E-state index in [-0.39, 0.29) is 23.6 Å². The van der Waals surface area contributed by atoms with Gasteiger partial charge in [0.15, 0.2) is 17.7 Å². The number of ether oxygens (including phenoxy) is 2. The molecule has 3 atom stereocenters. The summed E-state index contributed by atoms with van der Waals surface area (Å²) in [5.41, 5.74) is 2.13. The SMILES string of the molecule is O=C1C[C@H]2O[C@H](c3ccsc3)C3=C(C(=O)c4ccccc4C3=O)[C@H]2O1. The second-order valence-electron chi connectivity index (χ2n) is 6.26. The zero-order valence-corrected chi connectivity index (χ0v) is 13.7. The van der Waals surface area contributed by atoms with Crippen molar-refractivity contribution >= 4 is 28.9 Å². The molecule has 2 aliphatic heterocycles. The fourth-order valence-corrected chi connectivity index (χ4v) is 4.44. The molecule has 5 nitrogen and oxygen atoms in total. The highest BCUT2D eigenvalue weighted by Crippen LogP contribution is 2.46. The van der Waals surface area contributed by atoms with E-state index in [0.29, 0.717) is 16.7 Å². The molecule has 1 fully saturated rings. The van der Waals surface area contributed by atoms with Crippen LogP contribution in [0.1, 0.15) is 38.8 Å². The van der Waals surface area contributed by atoms with Gasteiger partial charge in [0.2, 0.25) is 0 Å². The van der Waals surface area contributed by atoms with Crippen LogP contribution in [-0.4, -0.2) is 29.7 Å². The maximum atomic E-state index is 13.1. The van der Waals surface area contributed by atoms with Crippen LogP contribution in [0.25, 0.3) is 0 Å². The molecule has 5 rings (SSSR count).